The maximum atomic E-state index is 2.55. The predicted molar refractivity (Wildman–Crippen MR) is 53.2 cm³/mol. The average Bonchev–Trinajstić information content (AvgIpc) is 2.06. The smallest absolute Gasteiger partial charge is 0.0914 e. The van der Waals surface area contributed by atoms with Crippen molar-refractivity contribution in [3.63, 3.8) is 0 Å². The molecule has 1 rings (SSSR count). The molecule has 0 aromatic heterocycles. The van der Waals surface area contributed by atoms with Crippen molar-refractivity contribution < 1.29 is 4.48 Å². The Bertz CT molecular complexity index is 126. The molecular weight excluding hydrogens is 148 g/mol. The summed E-state index contributed by atoms with van der Waals surface area (Å²) in [5.74, 6) is 0. The Morgan fingerprint density at radius 2 is 1.75 bits per heavy atom. The van der Waals surface area contributed by atoms with E-state index in [4.69, 9.17) is 0 Å². The molecule has 0 aromatic carbocycles. The molecule has 2 heteroatoms. The Labute approximate surface area is 76.7 Å². The summed E-state index contributed by atoms with van der Waals surface area (Å²) < 4.78 is 1.30. The van der Waals surface area contributed by atoms with Crippen LogP contribution in [0, 0.1) is 0 Å². The van der Waals surface area contributed by atoms with Crippen molar-refractivity contribution in [1.29, 1.82) is 0 Å². The highest BCUT2D eigenvalue weighted by Crippen LogP contribution is 2.10. The first-order chi connectivity index (χ1) is 5.70. The summed E-state index contributed by atoms with van der Waals surface area (Å²) in [5, 5.41) is 0. The number of rotatable bonds is 3. The van der Waals surface area contributed by atoms with Crippen molar-refractivity contribution in [3.05, 3.63) is 0 Å². The summed E-state index contributed by atoms with van der Waals surface area (Å²) in [4.78, 5) is 2.55. The molecule has 1 aliphatic heterocycles. The maximum absolute atomic E-state index is 2.55. The van der Waals surface area contributed by atoms with Gasteiger partial charge in [0.05, 0.1) is 26.7 Å². The molecular formula is C10H23N2+. The van der Waals surface area contributed by atoms with Crippen LogP contribution in [0.3, 0.4) is 0 Å². The quantitative estimate of drug-likeness (QED) is 0.576. The van der Waals surface area contributed by atoms with E-state index < -0.39 is 0 Å². The number of hydrogen-bond acceptors (Lipinski definition) is 1. The fourth-order valence-corrected chi connectivity index (χ4v) is 2.07. The standard InChI is InChI=1S/C10H23N2/c1-4-8-12(3)9-6-11(5-2)7-10-12/h4-10H2,1-3H3/q+1. The highest BCUT2D eigenvalue weighted by molar-refractivity contribution is 4.60. The first kappa shape index (κ1) is 10.0. The van der Waals surface area contributed by atoms with Crippen molar-refractivity contribution in [2.75, 3.05) is 46.3 Å². The average molecular weight is 171 g/mol. The molecule has 72 valence electrons. The van der Waals surface area contributed by atoms with Crippen LogP contribution < -0.4 is 0 Å². The third kappa shape index (κ3) is 2.46. The number of hydrogen-bond donors (Lipinski definition) is 0. The molecule has 0 saturated carbocycles. The molecule has 0 spiro atoms. The van der Waals surface area contributed by atoms with E-state index in [-0.39, 0.29) is 0 Å². The van der Waals surface area contributed by atoms with E-state index >= 15 is 0 Å². The lowest BCUT2D eigenvalue weighted by Crippen LogP contribution is -2.57. The van der Waals surface area contributed by atoms with Gasteiger partial charge in [-0.15, -0.1) is 0 Å². The van der Waals surface area contributed by atoms with E-state index in [2.05, 4.69) is 25.8 Å². The molecule has 0 amide bonds. The second kappa shape index (κ2) is 4.24. The topological polar surface area (TPSA) is 3.24 Å². The third-order valence-electron chi connectivity index (χ3n) is 3.12. The van der Waals surface area contributed by atoms with Crippen molar-refractivity contribution in [2.24, 2.45) is 0 Å². The fourth-order valence-electron chi connectivity index (χ4n) is 2.07. The van der Waals surface area contributed by atoms with Gasteiger partial charge in [0.1, 0.15) is 0 Å². The molecule has 0 N–H and O–H groups in total. The number of nitrogens with zero attached hydrogens (tertiary/aromatic N) is 2. The molecule has 2 nitrogen and oxygen atoms in total. The van der Waals surface area contributed by atoms with Crippen LogP contribution in [0.1, 0.15) is 20.3 Å². The minimum atomic E-state index is 1.23. The van der Waals surface area contributed by atoms with Gasteiger partial charge in [-0.1, -0.05) is 13.8 Å². The Balaban J connectivity index is 2.33. The van der Waals surface area contributed by atoms with Crippen molar-refractivity contribution >= 4 is 0 Å². The fraction of sp³-hybridized carbons (Fsp3) is 1.00. The van der Waals surface area contributed by atoms with Gasteiger partial charge in [-0.3, -0.25) is 4.90 Å². The zero-order valence-corrected chi connectivity index (χ0v) is 8.84. The molecule has 0 bridgehead atoms. The largest absolute Gasteiger partial charge is 0.324 e. The van der Waals surface area contributed by atoms with E-state index in [1.54, 1.807) is 0 Å². The number of likely N-dealkylation sites (N-methyl/N-ethyl adjacent to an activating group) is 2. The van der Waals surface area contributed by atoms with Crippen LogP contribution in [-0.2, 0) is 0 Å². The van der Waals surface area contributed by atoms with Crippen molar-refractivity contribution in [3.8, 4) is 0 Å². The Morgan fingerprint density at radius 1 is 1.17 bits per heavy atom. The minimum absolute atomic E-state index is 1.23. The van der Waals surface area contributed by atoms with Crippen molar-refractivity contribution in [2.45, 2.75) is 20.3 Å². The second-order valence-corrected chi connectivity index (χ2v) is 4.22. The Kier molecular flexibility index (Phi) is 3.53. The lowest BCUT2D eigenvalue weighted by atomic mass is 10.2. The van der Waals surface area contributed by atoms with Gasteiger partial charge in [0, 0.05) is 13.1 Å². The summed E-state index contributed by atoms with van der Waals surface area (Å²) in [6, 6.07) is 0. The minimum Gasteiger partial charge on any atom is -0.324 e. The molecule has 1 saturated heterocycles. The molecule has 0 aromatic rings. The van der Waals surface area contributed by atoms with Crippen LogP contribution in [0.2, 0.25) is 0 Å². The molecule has 0 aliphatic carbocycles. The molecule has 1 heterocycles. The normalized spacial score (nSPS) is 24.2. The van der Waals surface area contributed by atoms with Crippen LogP contribution in [0.4, 0.5) is 0 Å². The van der Waals surface area contributed by atoms with E-state index in [0.717, 1.165) is 0 Å². The second-order valence-electron chi connectivity index (χ2n) is 4.22. The summed E-state index contributed by atoms with van der Waals surface area (Å²) in [6.07, 6.45) is 1.32. The first-order valence-electron chi connectivity index (χ1n) is 5.26. The lowest BCUT2D eigenvalue weighted by molar-refractivity contribution is -0.913. The Hall–Kier alpha value is -0.0800. The van der Waals surface area contributed by atoms with Gasteiger partial charge in [0.25, 0.3) is 0 Å². The van der Waals surface area contributed by atoms with Gasteiger partial charge in [-0.05, 0) is 13.0 Å². The van der Waals surface area contributed by atoms with Gasteiger partial charge < -0.3 is 4.48 Å². The van der Waals surface area contributed by atoms with E-state index in [1.165, 1.54) is 50.2 Å². The first-order valence-corrected chi connectivity index (χ1v) is 5.26. The van der Waals surface area contributed by atoms with Gasteiger partial charge >= 0.3 is 0 Å². The van der Waals surface area contributed by atoms with Gasteiger partial charge in [0.2, 0.25) is 0 Å². The lowest BCUT2D eigenvalue weighted by Gasteiger charge is -2.41. The molecule has 0 radical (unpaired) electrons. The van der Waals surface area contributed by atoms with Crippen LogP contribution in [-0.4, -0.2) is 55.7 Å². The number of piperazine rings is 1. The summed E-state index contributed by atoms with van der Waals surface area (Å²) in [7, 11) is 2.40. The van der Waals surface area contributed by atoms with Crippen LogP contribution >= 0.6 is 0 Å². The zero-order chi connectivity index (χ0) is 9.03. The van der Waals surface area contributed by atoms with Crippen LogP contribution in [0.25, 0.3) is 0 Å². The number of quaternary nitrogens is 1. The van der Waals surface area contributed by atoms with Crippen molar-refractivity contribution in [1.82, 2.24) is 4.90 Å². The SMILES string of the molecule is CCC[N+]1(C)CCN(CC)CC1. The highest BCUT2D eigenvalue weighted by atomic mass is 15.4. The summed E-state index contributed by atoms with van der Waals surface area (Å²) in [5.41, 5.74) is 0. The highest BCUT2D eigenvalue weighted by Gasteiger charge is 2.26. The van der Waals surface area contributed by atoms with Gasteiger partial charge in [-0.25, -0.2) is 0 Å². The molecule has 1 fully saturated rings. The van der Waals surface area contributed by atoms with E-state index in [0.29, 0.717) is 0 Å². The predicted octanol–water partition coefficient (Wildman–Crippen LogP) is 1.18. The molecule has 12 heavy (non-hydrogen) atoms. The monoisotopic (exact) mass is 171 g/mol. The van der Waals surface area contributed by atoms with Crippen LogP contribution in [0.5, 0.6) is 0 Å². The van der Waals surface area contributed by atoms with E-state index in [1.807, 2.05) is 0 Å². The van der Waals surface area contributed by atoms with Gasteiger partial charge in [0.15, 0.2) is 0 Å². The Morgan fingerprint density at radius 3 is 2.17 bits per heavy atom. The van der Waals surface area contributed by atoms with E-state index in [9.17, 15) is 0 Å². The zero-order valence-electron chi connectivity index (χ0n) is 8.84. The van der Waals surface area contributed by atoms with Crippen LogP contribution in [0.15, 0.2) is 0 Å². The molecule has 0 atom stereocenters. The van der Waals surface area contributed by atoms with Gasteiger partial charge in [-0.2, -0.15) is 0 Å². The maximum Gasteiger partial charge on any atom is 0.0914 e. The summed E-state index contributed by atoms with van der Waals surface area (Å²) in [6.45, 7) is 12.4. The third-order valence-corrected chi connectivity index (χ3v) is 3.12. The molecule has 1 aliphatic rings. The molecule has 0 unspecified atom stereocenters. The summed E-state index contributed by atoms with van der Waals surface area (Å²) >= 11 is 0.